The van der Waals surface area contributed by atoms with E-state index in [4.69, 9.17) is 4.74 Å². The number of fused-ring (bicyclic) bond motifs is 4. The molecular weight excluding hydrogens is 432 g/mol. The SMILES string of the molecule is CCCC(CNC(=O)OCC1c2ccccc2-c2ccccc21)C(=O)N1CC2C(C1)C2C(=O)O. The number of nitrogens with one attached hydrogen (secondary N) is 1. The fourth-order valence-corrected chi connectivity index (χ4v) is 5.85. The van der Waals surface area contributed by atoms with E-state index in [1.807, 2.05) is 31.2 Å². The van der Waals surface area contributed by atoms with Crippen LogP contribution in [0.3, 0.4) is 0 Å². The first kappa shape index (κ1) is 22.4. The third-order valence-corrected chi connectivity index (χ3v) is 7.61. The number of hydrogen-bond acceptors (Lipinski definition) is 4. The Morgan fingerprint density at radius 3 is 2.18 bits per heavy atom. The Bertz CT molecular complexity index is 1060. The minimum Gasteiger partial charge on any atom is -0.481 e. The molecule has 178 valence electrons. The van der Waals surface area contributed by atoms with E-state index < -0.39 is 12.1 Å². The number of aliphatic carboxylic acids is 1. The Kier molecular flexibility index (Phi) is 6.02. The number of hydrogen-bond donors (Lipinski definition) is 2. The average Bonchev–Trinajstić information content (AvgIpc) is 3.20. The molecule has 2 fully saturated rings. The van der Waals surface area contributed by atoms with Crippen molar-refractivity contribution in [2.45, 2.75) is 25.7 Å². The zero-order valence-corrected chi connectivity index (χ0v) is 19.3. The maximum Gasteiger partial charge on any atom is 0.407 e. The number of carboxylic acids is 1. The van der Waals surface area contributed by atoms with Crippen molar-refractivity contribution in [3.05, 3.63) is 59.7 Å². The lowest BCUT2D eigenvalue weighted by atomic mass is 9.98. The van der Waals surface area contributed by atoms with E-state index in [1.165, 1.54) is 11.1 Å². The maximum absolute atomic E-state index is 13.0. The van der Waals surface area contributed by atoms with Crippen molar-refractivity contribution >= 4 is 18.0 Å². The molecule has 2 N–H and O–H groups in total. The highest BCUT2D eigenvalue weighted by Gasteiger charge is 2.60. The van der Waals surface area contributed by atoms with E-state index >= 15 is 0 Å². The molecule has 5 rings (SSSR count). The van der Waals surface area contributed by atoms with Gasteiger partial charge in [-0.2, -0.15) is 0 Å². The second-order valence-corrected chi connectivity index (χ2v) is 9.63. The third kappa shape index (κ3) is 4.04. The van der Waals surface area contributed by atoms with Gasteiger partial charge in [-0.1, -0.05) is 61.9 Å². The van der Waals surface area contributed by atoms with Gasteiger partial charge in [0.15, 0.2) is 0 Å². The molecular formula is C27H30N2O5. The number of rotatable bonds is 8. The Balaban J connectivity index is 1.15. The molecule has 34 heavy (non-hydrogen) atoms. The lowest BCUT2D eigenvalue weighted by molar-refractivity contribution is -0.141. The molecule has 2 aromatic carbocycles. The third-order valence-electron chi connectivity index (χ3n) is 7.61. The predicted molar refractivity (Wildman–Crippen MR) is 126 cm³/mol. The van der Waals surface area contributed by atoms with Gasteiger partial charge in [0.1, 0.15) is 6.61 Å². The molecule has 0 aromatic heterocycles. The van der Waals surface area contributed by atoms with E-state index in [0.29, 0.717) is 19.5 Å². The van der Waals surface area contributed by atoms with Gasteiger partial charge in [-0.05, 0) is 40.5 Å². The summed E-state index contributed by atoms with van der Waals surface area (Å²) in [5, 5.41) is 12.0. The van der Waals surface area contributed by atoms with E-state index in [-0.39, 0.29) is 48.6 Å². The highest BCUT2D eigenvalue weighted by Crippen LogP contribution is 2.52. The van der Waals surface area contributed by atoms with Gasteiger partial charge in [0.25, 0.3) is 0 Å². The summed E-state index contributed by atoms with van der Waals surface area (Å²) in [6.45, 7) is 3.47. The van der Waals surface area contributed by atoms with Crippen LogP contribution in [-0.2, 0) is 14.3 Å². The molecule has 2 amide bonds. The van der Waals surface area contributed by atoms with E-state index in [9.17, 15) is 19.5 Å². The van der Waals surface area contributed by atoms with Gasteiger partial charge >= 0.3 is 12.1 Å². The number of alkyl carbamates (subject to hydrolysis) is 1. The average molecular weight is 463 g/mol. The second-order valence-electron chi connectivity index (χ2n) is 9.63. The molecule has 7 heteroatoms. The highest BCUT2D eigenvalue weighted by molar-refractivity contribution is 5.82. The Hall–Kier alpha value is -3.35. The highest BCUT2D eigenvalue weighted by atomic mass is 16.5. The molecule has 1 heterocycles. The van der Waals surface area contributed by atoms with Crippen LogP contribution < -0.4 is 5.32 Å². The van der Waals surface area contributed by atoms with Gasteiger partial charge in [-0.15, -0.1) is 0 Å². The minimum absolute atomic E-state index is 0.00265. The topological polar surface area (TPSA) is 95.9 Å². The minimum atomic E-state index is -0.760. The lowest BCUT2D eigenvalue weighted by Gasteiger charge is -2.25. The van der Waals surface area contributed by atoms with E-state index in [1.54, 1.807) is 4.90 Å². The maximum atomic E-state index is 13.0. The first-order chi connectivity index (χ1) is 16.5. The monoisotopic (exact) mass is 462 g/mol. The molecule has 1 saturated heterocycles. The van der Waals surface area contributed by atoms with Gasteiger partial charge in [0.2, 0.25) is 5.91 Å². The first-order valence-electron chi connectivity index (χ1n) is 12.1. The molecule has 0 radical (unpaired) electrons. The molecule has 1 saturated carbocycles. The first-order valence-corrected chi connectivity index (χ1v) is 12.1. The zero-order valence-electron chi connectivity index (χ0n) is 19.3. The van der Waals surface area contributed by atoms with Crippen LogP contribution in [-0.4, -0.2) is 54.2 Å². The van der Waals surface area contributed by atoms with E-state index in [0.717, 1.165) is 17.5 Å². The number of nitrogens with zero attached hydrogens (tertiary/aromatic N) is 1. The van der Waals surface area contributed by atoms with Crippen molar-refractivity contribution in [2.75, 3.05) is 26.2 Å². The number of carbonyl (C=O) groups excluding carboxylic acids is 2. The summed E-state index contributed by atoms with van der Waals surface area (Å²) >= 11 is 0. The molecule has 0 spiro atoms. The molecule has 3 atom stereocenters. The van der Waals surface area contributed by atoms with Crippen LogP contribution in [0.4, 0.5) is 4.79 Å². The summed E-state index contributed by atoms with van der Waals surface area (Å²) in [6.07, 6.45) is 0.962. The van der Waals surface area contributed by atoms with Crippen LogP contribution in [0.15, 0.2) is 48.5 Å². The number of benzene rings is 2. The number of amides is 2. The summed E-state index contributed by atoms with van der Waals surface area (Å²) in [5.41, 5.74) is 4.66. The fourth-order valence-electron chi connectivity index (χ4n) is 5.85. The van der Waals surface area contributed by atoms with Gasteiger partial charge in [0, 0.05) is 25.6 Å². The number of carboxylic acid groups (broad SMARTS) is 1. The van der Waals surface area contributed by atoms with Crippen LogP contribution >= 0.6 is 0 Å². The zero-order chi connectivity index (χ0) is 23.8. The molecule has 3 unspecified atom stereocenters. The van der Waals surface area contributed by atoms with Gasteiger partial charge < -0.3 is 20.1 Å². The van der Waals surface area contributed by atoms with Gasteiger partial charge in [0.05, 0.1) is 11.8 Å². The van der Waals surface area contributed by atoms with Crippen LogP contribution in [0.1, 0.15) is 36.8 Å². The van der Waals surface area contributed by atoms with Crippen LogP contribution in [0.2, 0.25) is 0 Å². The van der Waals surface area contributed by atoms with E-state index in [2.05, 4.69) is 29.6 Å². The molecule has 2 aliphatic carbocycles. The Morgan fingerprint density at radius 2 is 1.62 bits per heavy atom. The summed E-state index contributed by atoms with van der Waals surface area (Å²) in [6, 6.07) is 16.4. The quantitative estimate of drug-likeness (QED) is 0.623. The van der Waals surface area contributed by atoms with Gasteiger partial charge in [-0.3, -0.25) is 9.59 Å². The summed E-state index contributed by atoms with van der Waals surface area (Å²) in [5.74, 6) is -1.23. The molecule has 7 nitrogen and oxygen atoms in total. The summed E-state index contributed by atoms with van der Waals surface area (Å²) < 4.78 is 5.60. The van der Waals surface area contributed by atoms with Crippen molar-refractivity contribution in [3.63, 3.8) is 0 Å². The molecule has 0 bridgehead atoms. The standard InChI is InChI=1S/C27H30N2O5/c1-2-7-16(25(30)29-13-21-22(14-29)24(21)26(31)32)12-28-27(33)34-15-23-19-10-5-3-8-17(19)18-9-4-6-11-20(18)23/h3-6,8-11,16,21-24H,2,7,12-15H2,1H3,(H,28,33)(H,31,32). The summed E-state index contributed by atoms with van der Waals surface area (Å²) in [7, 11) is 0. The van der Waals surface area contributed by atoms with Crippen molar-refractivity contribution in [1.29, 1.82) is 0 Å². The smallest absolute Gasteiger partial charge is 0.407 e. The number of piperidine rings is 1. The van der Waals surface area contributed by atoms with Crippen molar-refractivity contribution in [2.24, 2.45) is 23.7 Å². The molecule has 1 aliphatic heterocycles. The normalized spacial score (nSPS) is 23.0. The largest absolute Gasteiger partial charge is 0.481 e. The summed E-state index contributed by atoms with van der Waals surface area (Å²) in [4.78, 5) is 38.5. The van der Waals surface area contributed by atoms with Crippen LogP contribution in [0.25, 0.3) is 11.1 Å². The Morgan fingerprint density at radius 1 is 1.03 bits per heavy atom. The second kappa shape index (κ2) is 9.12. The van der Waals surface area contributed by atoms with Gasteiger partial charge in [-0.25, -0.2) is 4.79 Å². The van der Waals surface area contributed by atoms with Crippen LogP contribution in [0, 0.1) is 23.7 Å². The lowest BCUT2D eigenvalue weighted by Crippen LogP contribution is -2.42. The fraction of sp³-hybridized carbons (Fsp3) is 0.444. The number of carbonyl (C=O) groups is 3. The number of likely N-dealkylation sites (tertiary alicyclic amines) is 1. The van der Waals surface area contributed by atoms with Crippen molar-refractivity contribution < 1.29 is 24.2 Å². The number of ether oxygens (including phenoxy) is 1. The Labute approximate surface area is 199 Å². The van der Waals surface area contributed by atoms with Crippen LogP contribution in [0.5, 0.6) is 0 Å². The van der Waals surface area contributed by atoms with Crippen molar-refractivity contribution in [3.8, 4) is 11.1 Å². The molecule has 2 aromatic rings. The predicted octanol–water partition coefficient (Wildman–Crippen LogP) is 3.73. The van der Waals surface area contributed by atoms with Crippen molar-refractivity contribution in [1.82, 2.24) is 10.2 Å². The molecule has 3 aliphatic rings.